The molecule has 0 saturated heterocycles. The summed E-state index contributed by atoms with van der Waals surface area (Å²) in [5, 5.41) is 2.99. The molecule has 14 heavy (non-hydrogen) atoms. The minimum Gasteiger partial charge on any atom is -0.320 e. The molecule has 0 aliphatic rings. The Balaban J connectivity index is 3.52. The fourth-order valence-corrected chi connectivity index (χ4v) is 2.54. The highest BCUT2D eigenvalue weighted by molar-refractivity contribution is 7.98. The molecule has 2 N–H and O–H groups in total. The quantitative estimate of drug-likeness (QED) is 0.568. The maximum absolute atomic E-state index is 11.3. The number of rotatable bonds is 9. The lowest BCUT2D eigenvalue weighted by Gasteiger charge is -2.05. The second kappa shape index (κ2) is 8.52. The van der Waals surface area contributed by atoms with E-state index in [4.69, 9.17) is 0 Å². The fraction of sp³-hybridized carbons (Fsp3) is 1.00. The molecule has 0 aromatic heterocycles. The lowest BCUT2D eigenvalue weighted by atomic mass is 10.3. The van der Waals surface area contributed by atoms with Crippen LogP contribution in [0.5, 0.6) is 0 Å². The van der Waals surface area contributed by atoms with Gasteiger partial charge in [0.15, 0.2) is 0 Å². The predicted molar refractivity (Wildman–Crippen MR) is 63.3 cm³/mol. The summed E-state index contributed by atoms with van der Waals surface area (Å²) in [6, 6.07) is 0. The van der Waals surface area contributed by atoms with Gasteiger partial charge in [0.1, 0.15) is 0 Å². The molecule has 0 aliphatic carbocycles. The number of hydrogen-bond donors (Lipinski definition) is 2. The Bertz CT molecular complexity index is 217. The molecule has 0 aromatic carbocycles. The molecule has 0 spiro atoms. The Kier molecular flexibility index (Phi) is 8.66. The van der Waals surface area contributed by atoms with Crippen LogP contribution >= 0.6 is 11.8 Å². The van der Waals surface area contributed by atoms with E-state index < -0.39 is 10.0 Å². The van der Waals surface area contributed by atoms with Crippen LogP contribution in [0.15, 0.2) is 0 Å². The van der Waals surface area contributed by atoms with Crippen LogP contribution in [0.1, 0.15) is 12.8 Å². The van der Waals surface area contributed by atoms with Crippen molar-refractivity contribution in [2.45, 2.75) is 12.8 Å². The van der Waals surface area contributed by atoms with Gasteiger partial charge in [-0.1, -0.05) is 0 Å². The van der Waals surface area contributed by atoms with Crippen LogP contribution in [0.4, 0.5) is 0 Å². The zero-order valence-corrected chi connectivity index (χ0v) is 10.5. The maximum atomic E-state index is 11.3. The molecule has 0 bridgehead atoms. The van der Waals surface area contributed by atoms with Gasteiger partial charge in [0.05, 0.1) is 5.75 Å². The van der Waals surface area contributed by atoms with Gasteiger partial charge >= 0.3 is 0 Å². The van der Waals surface area contributed by atoms with Crippen LogP contribution in [0.25, 0.3) is 0 Å². The summed E-state index contributed by atoms with van der Waals surface area (Å²) < 4.78 is 25.2. The van der Waals surface area contributed by atoms with Gasteiger partial charge in [-0.25, -0.2) is 13.1 Å². The van der Waals surface area contributed by atoms with Crippen LogP contribution in [0.2, 0.25) is 0 Å². The Morgan fingerprint density at radius 2 is 1.93 bits per heavy atom. The maximum Gasteiger partial charge on any atom is 0.211 e. The molecule has 0 heterocycles. The first kappa shape index (κ1) is 14.2. The molecule has 0 amide bonds. The monoisotopic (exact) mass is 240 g/mol. The first-order valence-corrected chi connectivity index (χ1v) is 7.78. The summed E-state index contributed by atoms with van der Waals surface area (Å²) in [6.45, 7) is 1.41. The average Bonchev–Trinajstić information content (AvgIpc) is 2.13. The molecule has 0 saturated carbocycles. The van der Waals surface area contributed by atoms with Gasteiger partial charge in [0, 0.05) is 12.3 Å². The van der Waals surface area contributed by atoms with Gasteiger partial charge in [0.25, 0.3) is 0 Å². The van der Waals surface area contributed by atoms with Gasteiger partial charge in [-0.05, 0) is 32.7 Å². The molecule has 0 fully saturated rings. The number of unbranched alkanes of at least 4 members (excludes halogenated alkanes) is 1. The summed E-state index contributed by atoms with van der Waals surface area (Å²) in [5.41, 5.74) is 0. The van der Waals surface area contributed by atoms with E-state index in [2.05, 4.69) is 10.0 Å². The molecule has 0 aromatic rings. The first-order valence-electron chi connectivity index (χ1n) is 4.73. The standard InChI is InChI=1S/C8H20N2O2S2/c1-9-5-3-4-8-14(11,12)10-6-7-13-2/h9-10H,3-8H2,1-2H3. The van der Waals surface area contributed by atoms with Crippen molar-refractivity contribution in [2.75, 3.05) is 37.9 Å². The van der Waals surface area contributed by atoms with Crippen molar-refractivity contribution >= 4 is 21.8 Å². The lowest BCUT2D eigenvalue weighted by molar-refractivity contribution is 0.578. The number of hydrogen-bond acceptors (Lipinski definition) is 4. The zero-order valence-electron chi connectivity index (χ0n) is 8.88. The van der Waals surface area contributed by atoms with E-state index in [0.717, 1.165) is 25.1 Å². The molecule has 0 aliphatic heterocycles. The van der Waals surface area contributed by atoms with Crippen molar-refractivity contribution in [1.29, 1.82) is 0 Å². The minimum atomic E-state index is -3.03. The average molecular weight is 240 g/mol. The van der Waals surface area contributed by atoms with E-state index in [1.807, 2.05) is 13.3 Å². The van der Waals surface area contributed by atoms with Crippen LogP contribution < -0.4 is 10.0 Å². The second-order valence-electron chi connectivity index (χ2n) is 3.02. The summed E-state index contributed by atoms with van der Waals surface area (Å²) in [7, 11) is -1.16. The highest BCUT2D eigenvalue weighted by Crippen LogP contribution is 1.95. The van der Waals surface area contributed by atoms with Crippen molar-refractivity contribution in [2.24, 2.45) is 0 Å². The van der Waals surface area contributed by atoms with Gasteiger partial charge in [0.2, 0.25) is 10.0 Å². The van der Waals surface area contributed by atoms with Crippen molar-refractivity contribution in [3.8, 4) is 0 Å². The summed E-state index contributed by atoms with van der Waals surface area (Å²) >= 11 is 1.64. The molecule has 0 radical (unpaired) electrons. The van der Waals surface area contributed by atoms with E-state index >= 15 is 0 Å². The third-order valence-electron chi connectivity index (χ3n) is 1.72. The molecule has 86 valence electrons. The summed E-state index contributed by atoms with van der Waals surface area (Å²) in [6.07, 6.45) is 3.58. The van der Waals surface area contributed by atoms with E-state index in [1.54, 1.807) is 11.8 Å². The second-order valence-corrected chi connectivity index (χ2v) is 5.93. The molecule has 0 unspecified atom stereocenters. The number of thioether (sulfide) groups is 1. The highest BCUT2D eigenvalue weighted by Gasteiger charge is 2.07. The Morgan fingerprint density at radius 1 is 1.21 bits per heavy atom. The number of sulfonamides is 1. The van der Waals surface area contributed by atoms with Gasteiger partial charge in [-0.2, -0.15) is 11.8 Å². The van der Waals surface area contributed by atoms with Gasteiger partial charge in [-0.3, -0.25) is 0 Å². The first-order chi connectivity index (χ1) is 6.62. The topological polar surface area (TPSA) is 58.2 Å². The molecule has 0 atom stereocenters. The smallest absolute Gasteiger partial charge is 0.211 e. The molecule has 6 heteroatoms. The summed E-state index contributed by atoms with van der Waals surface area (Å²) in [4.78, 5) is 0. The van der Waals surface area contributed by atoms with Crippen LogP contribution in [-0.2, 0) is 10.0 Å². The van der Waals surface area contributed by atoms with Gasteiger partial charge in [-0.15, -0.1) is 0 Å². The number of nitrogens with one attached hydrogen (secondary N) is 2. The zero-order chi connectivity index (χ0) is 10.9. The van der Waals surface area contributed by atoms with E-state index in [0.29, 0.717) is 6.54 Å². The van der Waals surface area contributed by atoms with Crippen LogP contribution in [0, 0.1) is 0 Å². The molecule has 0 rings (SSSR count). The normalized spacial score (nSPS) is 11.9. The third-order valence-corrected chi connectivity index (χ3v) is 3.80. The minimum absolute atomic E-state index is 0.239. The molecular weight excluding hydrogens is 220 g/mol. The Morgan fingerprint density at radius 3 is 2.50 bits per heavy atom. The van der Waals surface area contributed by atoms with E-state index in [1.165, 1.54) is 0 Å². The lowest BCUT2D eigenvalue weighted by Crippen LogP contribution is -2.28. The van der Waals surface area contributed by atoms with Crippen molar-refractivity contribution in [3.63, 3.8) is 0 Å². The molecule has 4 nitrogen and oxygen atoms in total. The molecular formula is C8H20N2O2S2. The van der Waals surface area contributed by atoms with E-state index in [9.17, 15) is 8.42 Å². The predicted octanol–water partition coefficient (Wildman–Crippen LogP) is 0.268. The fourth-order valence-electron chi connectivity index (χ4n) is 0.965. The van der Waals surface area contributed by atoms with Gasteiger partial charge < -0.3 is 5.32 Å². The Labute approximate surface area is 91.3 Å². The highest BCUT2D eigenvalue weighted by atomic mass is 32.2. The third kappa shape index (κ3) is 8.80. The van der Waals surface area contributed by atoms with E-state index in [-0.39, 0.29) is 5.75 Å². The van der Waals surface area contributed by atoms with Crippen LogP contribution in [-0.4, -0.2) is 46.3 Å². The van der Waals surface area contributed by atoms with Crippen molar-refractivity contribution in [3.05, 3.63) is 0 Å². The van der Waals surface area contributed by atoms with Crippen LogP contribution in [0.3, 0.4) is 0 Å². The van der Waals surface area contributed by atoms with Crippen molar-refractivity contribution < 1.29 is 8.42 Å². The SMILES string of the molecule is CNCCCCS(=O)(=O)NCCSC. The van der Waals surface area contributed by atoms with Crippen molar-refractivity contribution in [1.82, 2.24) is 10.0 Å². The summed E-state index contributed by atoms with van der Waals surface area (Å²) in [5.74, 6) is 1.07. The largest absolute Gasteiger partial charge is 0.320 e. The Hall–Kier alpha value is 0.220.